The third-order valence-electron chi connectivity index (χ3n) is 3.61. The molecule has 0 aliphatic heterocycles. The lowest BCUT2D eigenvalue weighted by atomic mass is 10.1. The van der Waals surface area contributed by atoms with Gasteiger partial charge in [0.1, 0.15) is 18.1 Å². The Labute approximate surface area is 139 Å². The largest absolute Gasteiger partial charge is 0.378 e. The maximum Gasteiger partial charge on any atom is 0.270 e. The molecule has 2 N–H and O–H groups in total. The van der Waals surface area contributed by atoms with Crippen molar-refractivity contribution in [3.8, 4) is 0 Å². The molecule has 2 heterocycles. The molecule has 0 unspecified atom stereocenters. The Kier molecular flexibility index (Phi) is 4.51. The molecule has 24 heavy (non-hydrogen) atoms. The number of carbonyl (C=O) groups is 1. The van der Waals surface area contributed by atoms with Gasteiger partial charge in [-0.3, -0.25) is 14.9 Å². The first-order valence-electron chi connectivity index (χ1n) is 7.49. The Bertz CT molecular complexity index is 801. The van der Waals surface area contributed by atoms with Crippen LogP contribution in [0.15, 0.2) is 55.0 Å². The summed E-state index contributed by atoms with van der Waals surface area (Å²) in [7, 11) is 3.83. The van der Waals surface area contributed by atoms with Crippen LogP contribution in [0.4, 0.5) is 5.69 Å². The van der Waals surface area contributed by atoms with Crippen molar-refractivity contribution in [2.24, 2.45) is 0 Å². The van der Waals surface area contributed by atoms with Crippen LogP contribution in [0.5, 0.6) is 0 Å². The van der Waals surface area contributed by atoms with Crippen molar-refractivity contribution in [3.05, 3.63) is 72.1 Å². The topological polar surface area (TPSA) is 86.8 Å². The monoisotopic (exact) mass is 322 g/mol. The van der Waals surface area contributed by atoms with E-state index in [4.69, 9.17) is 0 Å². The fourth-order valence-corrected chi connectivity index (χ4v) is 2.34. The van der Waals surface area contributed by atoms with Crippen LogP contribution in [-0.2, 0) is 0 Å². The first-order chi connectivity index (χ1) is 11.6. The van der Waals surface area contributed by atoms with Crippen molar-refractivity contribution >= 4 is 11.6 Å². The highest BCUT2D eigenvalue weighted by molar-refractivity contribution is 5.93. The van der Waals surface area contributed by atoms with Gasteiger partial charge in [-0.2, -0.15) is 5.10 Å². The van der Waals surface area contributed by atoms with E-state index in [1.807, 2.05) is 55.4 Å². The molecule has 1 atom stereocenters. The quantitative estimate of drug-likeness (QED) is 0.748. The number of pyridine rings is 1. The van der Waals surface area contributed by atoms with Gasteiger partial charge in [-0.1, -0.05) is 30.3 Å². The van der Waals surface area contributed by atoms with Gasteiger partial charge in [0, 0.05) is 26.0 Å². The molecule has 0 spiro atoms. The van der Waals surface area contributed by atoms with Gasteiger partial charge in [-0.05, 0) is 17.7 Å². The molecule has 1 amide bonds. The van der Waals surface area contributed by atoms with Crippen LogP contribution in [0, 0.1) is 0 Å². The van der Waals surface area contributed by atoms with E-state index in [2.05, 4.69) is 25.5 Å². The van der Waals surface area contributed by atoms with Gasteiger partial charge in [0.25, 0.3) is 5.91 Å². The number of aromatic amines is 1. The van der Waals surface area contributed by atoms with Crippen LogP contribution in [0.25, 0.3) is 0 Å². The second-order valence-electron chi connectivity index (χ2n) is 5.48. The summed E-state index contributed by atoms with van der Waals surface area (Å²) in [6.45, 7) is 0. The van der Waals surface area contributed by atoms with Crippen LogP contribution in [0.2, 0.25) is 0 Å². The molecule has 7 heteroatoms. The summed E-state index contributed by atoms with van der Waals surface area (Å²) < 4.78 is 0. The highest BCUT2D eigenvalue weighted by Gasteiger charge is 2.21. The lowest BCUT2D eigenvalue weighted by Gasteiger charge is -2.17. The lowest BCUT2D eigenvalue weighted by molar-refractivity contribution is 0.0936. The summed E-state index contributed by atoms with van der Waals surface area (Å²) in [6, 6.07) is 12.8. The van der Waals surface area contributed by atoms with Gasteiger partial charge >= 0.3 is 0 Å². The molecule has 2 aromatic heterocycles. The maximum atomic E-state index is 12.6. The summed E-state index contributed by atoms with van der Waals surface area (Å²) >= 11 is 0. The number of anilines is 1. The second-order valence-corrected chi connectivity index (χ2v) is 5.48. The minimum Gasteiger partial charge on any atom is -0.378 e. The van der Waals surface area contributed by atoms with Crippen LogP contribution < -0.4 is 10.2 Å². The maximum absolute atomic E-state index is 12.6. The number of benzene rings is 1. The van der Waals surface area contributed by atoms with Gasteiger partial charge in [0.2, 0.25) is 0 Å². The number of carbonyl (C=O) groups excluding carboxylic acids is 1. The highest BCUT2D eigenvalue weighted by atomic mass is 16.1. The number of H-pyrrole nitrogens is 1. The van der Waals surface area contributed by atoms with Crippen LogP contribution in [0.1, 0.15) is 27.9 Å². The first-order valence-corrected chi connectivity index (χ1v) is 7.49. The molecule has 0 aliphatic carbocycles. The molecule has 0 fully saturated rings. The van der Waals surface area contributed by atoms with Gasteiger partial charge < -0.3 is 10.2 Å². The Morgan fingerprint density at radius 2 is 1.96 bits per heavy atom. The third kappa shape index (κ3) is 3.40. The average Bonchev–Trinajstić information content (AvgIpc) is 3.14. The van der Waals surface area contributed by atoms with Gasteiger partial charge in [0.15, 0.2) is 5.82 Å². The number of rotatable bonds is 5. The zero-order valence-electron chi connectivity index (χ0n) is 13.5. The van der Waals surface area contributed by atoms with E-state index in [-0.39, 0.29) is 5.91 Å². The van der Waals surface area contributed by atoms with Crippen LogP contribution >= 0.6 is 0 Å². The molecule has 0 radical (unpaired) electrons. The second kappa shape index (κ2) is 6.91. The lowest BCUT2D eigenvalue weighted by Crippen LogP contribution is -2.31. The predicted octanol–water partition coefficient (Wildman–Crippen LogP) is 1.79. The van der Waals surface area contributed by atoms with E-state index in [1.54, 1.807) is 12.3 Å². The van der Waals surface area contributed by atoms with Crippen molar-refractivity contribution in [1.29, 1.82) is 0 Å². The van der Waals surface area contributed by atoms with Crippen molar-refractivity contribution in [1.82, 2.24) is 25.5 Å². The van der Waals surface area contributed by atoms with E-state index in [9.17, 15) is 4.79 Å². The third-order valence-corrected chi connectivity index (χ3v) is 3.61. The number of nitrogens with zero attached hydrogens (tertiary/aromatic N) is 4. The molecule has 0 saturated carbocycles. The van der Waals surface area contributed by atoms with Gasteiger partial charge in [0.05, 0.1) is 0 Å². The zero-order valence-corrected chi connectivity index (χ0v) is 13.5. The highest BCUT2D eigenvalue weighted by Crippen LogP contribution is 2.19. The summed E-state index contributed by atoms with van der Waals surface area (Å²) in [6.07, 6.45) is 3.04. The van der Waals surface area contributed by atoms with Crippen molar-refractivity contribution in [2.45, 2.75) is 6.04 Å². The van der Waals surface area contributed by atoms with E-state index in [1.165, 1.54) is 6.33 Å². The molecular weight excluding hydrogens is 304 g/mol. The number of amides is 1. The molecular formula is C17H18N6O. The minimum absolute atomic E-state index is 0.274. The minimum atomic E-state index is -0.425. The molecule has 7 nitrogen and oxygen atoms in total. The fraction of sp³-hybridized carbons (Fsp3) is 0.176. The van der Waals surface area contributed by atoms with Crippen LogP contribution in [0.3, 0.4) is 0 Å². The SMILES string of the molecule is CN(C)c1ccnc(C(=O)N[C@H](c2ccccc2)c2ncn[nH]2)c1. The van der Waals surface area contributed by atoms with Crippen molar-refractivity contribution in [2.75, 3.05) is 19.0 Å². The zero-order chi connectivity index (χ0) is 16.9. The summed E-state index contributed by atoms with van der Waals surface area (Å²) in [5.41, 5.74) is 2.17. The van der Waals surface area contributed by atoms with E-state index in [0.717, 1.165) is 11.3 Å². The molecule has 3 rings (SSSR count). The molecule has 0 saturated heterocycles. The summed E-state index contributed by atoms with van der Waals surface area (Å²) in [5, 5.41) is 9.66. The Morgan fingerprint density at radius 1 is 1.17 bits per heavy atom. The van der Waals surface area contributed by atoms with Crippen molar-refractivity contribution in [3.63, 3.8) is 0 Å². The normalized spacial score (nSPS) is 11.8. The van der Waals surface area contributed by atoms with Crippen molar-refractivity contribution < 1.29 is 4.79 Å². The average molecular weight is 322 g/mol. The Morgan fingerprint density at radius 3 is 2.62 bits per heavy atom. The standard InChI is InChI=1S/C17H18N6O/c1-23(2)13-8-9-18-14(10-13)17(24)21-15(16-19-11-20-22-16)12-6-4-3-5-7-12/h3-11,15H,1-2H3,(H,21,24)(H,19,20,22)/t15-/m1/s1. The molecule has 0 aliphatic rings. The molecule has 122 valence electrons. The fourth-order valence-electron chi connectivity index (χ4n) is 2.34. The molecule has 0 bridgehead atoms. The van der Waals surface area contributed by atoms with E-state index < -0.39 is 6.04 Å². The summed E-state index contributed by atoms with van der Waals surface area (Å²) in [4.78, 5) is 22.9. The molecule has 1 aromatic carbocycles. The first kappa shape index (κ1) is 15.7. The van der Waals surface area contributed by atoms with E-state index in [0.29, 0.717) is 11.5 Å². The van der Waals surface area contributed by atoms with Gasteiger partial charge in [-0.15, -0.1) is 0 Å². The van der Waals surface area contributed by atoms with Gasteiger partial charge in [-0.25, -0.2) is 4.98 Å². The predicted molar refractivity (Wildman–Crippen MR) is 90.7 cm³/mol. The van der Waals surface area contributed by atoms with Crippen LogP contribution in [-0.4, -0.2) is 40.2 Å². The number of aromatic nitrogens is 4. The Hall–Kier alpha value is -3.22. The Balaban J connectivity index is 1.88. The van der Waals surface area contributed by atoms with E-state index >= 15 is 0 Å². The number of nitrogens with one attached hydrogen (secondary N) is 2. The number of hydrogen-bond donors (Lipinski definition) is 2. The molecule has 3 aromatic rings. The number of hydrogen-bond acceptors (Lipinski definition) is 5. The smallest absolute Gasteiger partial charge is 0.270 e. The summed E-state index contributed by atoms with van der Waals surface area (Å²) in [5.74, 6) is 0.294.